The first kappa shape index (κ1) is 14.6. The minimum Gasteiger partial charge on any atom is -0.342 e. The van der Waals surface area contributed by atoms with Gasteiger partial charge in [0.15, 0.2) is 0 Å². The topological polar surface area (TPSA) is 32.3 Å². The normalized spacial score (nSPS) is 26.5. The molecule has 6 heteroatoms. The molecule has 0 spiro atoms. The molecule has 0 saturated carbocycles. The number of alkyl halides is 3. The van der Waals surface area contributed by atoms with Crippen molar-refractivity contribution in [2.75, 3.05) is 26.2 Å². The summed E-state index contributed by atoms with van der Waals surface area (Å²) in [6.07, 6.45) is -1.26. The smallest absolute Gasteiger partial charge is 0.342 e. The summed E-state index contributed by atoms with van der Waals surface area (Å²) in [4.78, 5) is 13.5. The molecule has 2 aliphatic rings. The molecule has 0 aliphatic carbocycles. The lowest BCUT2D eigenvalue weighted by Gasteiger charge is -2.35. The van der Waals surface area contributed by atoms with Crippen LogP contribution in [0.1, 0.15) is 32.1 Å². The Morgan fingerprint density at radius 3 is 2.53 bits per heavy atom. The van der Waals surface area contributed by atoms with Gasteiger partial charge in [-0.1, -0.05) is 0 Å². The fourth-order valence-corrected chi connectivity index (χ4v) is 2.93. The highest BCUT2D eigenvalue weighted by Crippen LogP contribution is 2.33. The van der Waals surface area contributed by atoms with Gasteiger partial charge in [-0.05, 0) is 44.7 Å². The van der Waals surface area contributed by atoms with Gasteiger partial charge < -0.3 is 10.2 Å². The molecular formula is C13H21F3N2O. The molecule has 0 radical (unpaired) electrons. The lowest BCUT2D eigenvalue weighted by Crippen LogP contribution is -2.45. The summed E-state index contributed by atoms with van der Waals surface area (Å²) in [5, 5.41) is 3.22. The predicted molar refractivity (Wildman–Crippen MR) is 65.6 cm³/mol. The maximum atomic E-state index is 12.7. The van der Waals surface area contributed by atoms with Crippen LogP contribution < -0.4 is 5.32 Å². The highest BCUT2D eigenvalue weighted by Gasteiger charge is 2.42. The zero-order valence-corrected chi connectivity index (χ0v) is 11.0. The van der Waals surface area contributed by atoms with Gasteiger partial charge in [-0.15, -0.1) is 0 Å². The summed E-state index contributed by atoms with van der Waals surface area (Å²) >= 11 is 0. The van der Waals surface area contributed by atoms with Gasteiger partial charge in [0.1, 0.15) is 0 Å². The number of amides is 1. The molecule has 2 saturated heterocycles. The fourth-order valence-electron chi connectivity index (χ4n) is 2.93. The van der Waals surface area contributed by atoms with Crippen LogP contribution >= 0.6 is 0 Å². The molecule has 0 aromatic heterocycles. The number of halogens is 3. The maximum absolute atomic E-state index is 12.7. The second-order valence-corrected chi connectivity index (χ2v) is 5.62. The van der Waals surface area contributed by atoms with Crippen LogP contribution in [0.4, 0.5) is 13.2 Å². The first-order chi connectivity index (χ1) is 8.97. The lowest BCUT2D eigenvalue weighted by atomic mass is 9.92. The Morgan fingerprint density at radius 1 is 1.21 bits per heavy atom. The summed E-state index contributed by atoms with van der Waals surface area (Å²) < 4.78 is 38.1. The Bertz CT molecular complexity index is 314. The Hall–Kier alpha value is -0.780. The number of nitrogens with one attached hydrogen (secondary N) is 1. The number of likely N-dealkylation sites (tertiary alicyclic amines) is 1. The van der Waals surface area contributed by atoms with Gasteiger partial charge in [-0.3, -0.25) is 4.79 Å². The van der Waals surface area contributed by atoms with Crippen molar-refractivity contribution < 1.29 is 18.0 Å². The van der Waals surface area contributed by atoms with Gasteiger partial charge in [0.05, 0.1) is 5.92 Å². The van der Waals surface area contributed by atoms with E-state index in [4.69, 9.17) is 0 Å². The first-order valence-corrected chi connectivity index (χ1v) is 7.02. The second-order valence-electron chi connectivity index (χ2n) is 5.62. The third-order valence-corrected chi connectivity index (χ3v) is 4.16. The van der Waals surface area contributed by atoms with E-state index in [1.165, 1.54) is 4.90 Å². The molecule has 2 rings (SSSR count). The quantitative estimate of drug-likeness (QED) is 0.839. The zero-order chi connectivity index (χ0) is 13.9. The van der Waals surface area contributed by atoms with Gasteiger partial charge in [0, 0.05) is 19.5 Å². The van der Waals surface area contributed by atoms with Crippen LogP contribution in [0, 0.1) is 11.8 Å². The number of hydrogen-bond acceptors (Lipinski definition) is 2. The number of piperidine rings is 2. The molecule has 2 fully saturated rings. The first-order valence-electron chi connectivity index (χ1n) is 7.02. The van der Waals surface area contributed by atoms with E-state index < -0.39 is 12.1 Å². The van der Waals surface area contributed by atoms with Crippen molar-refractivity contribution in [2.45, 2.75) is 38.3 Å². The van der Waals surface area contributed by atoms with Crippen LogP contribution in [0.3, 0.4) is 0 Å². The largest absolute Gasteiger partial charge is 0.393 e. The molecule has 2 aliphatic heterocycles. The number of rotatable bonds is 2. The van der Waals surface area contributed by atoms with Crippen molar-refractivity contribution in [3.8, 4) is 0 Å². The van der Waals surface area contributed by atoms with E-state index in [0.29, 0.717) is 25.3 Å². The zero-order valence-electron chi connectivity index (χ0n) is 11.0. The van der Waals surface area contributed by atoms with Crippen molar-refractivity contribution in [1.82, 2.24) is 10.2 Å². The van der Waals surface area contributed by atoms with Crippen LogP contribution in [0.25, 0.3) is 0 Å². The summed E-state index contributed by atoms with van der Waals surface area (Å²) in [5.74, 6) is -1.10. The minimum atomic E-state index is -4.17. The maximum Gasteiger partial charge on any atom is 0.393 e. The Balaban J connectivity index is 1.84. The molecule has 1 atom stereocenters. The third-order valence-electron chi connectivity index (χ3n) is 4.16. The molecular weight excluding hydrogens is 257 g/mol. The van der Waals surface area contributed by atoms with Gasteiger partial charge in [-0.2, -0.15) is 13.2 Å². The standard InChI is InChI=1S/C13H21F3N2O/c14-13(15,16)11-2-1-7-18(9-11)12(19)8-10-3-5-17-6-4-10/h10-11,17H,1-9H2. The highest BCUT2D eigenvalue weighted by atomic mass is 19.4. The van der Waals surface area contributed by atoms with E-state index >= 15 is 0 Å². The molecule has 0 bridgehead atoms. The van der Waals surface area contributed by atoms with Crippen LogP contribution in [-0.2, 0) is 4.79 Å². The fraction of sp³-hybridized carbons (Fsp3) is 0.923. The summed E-state index contributed by atoms with van der Waals surface area (Å²) in [6.45, 7) is 2.15. The average Bonchev–Trinajstić information content (AvgIpc) is 2.39. The molecule has 1 amide bonds. The summed E-state index contributed by atoms with van der Waals surface area (Å²) in [5.41, 5.74) is 0. The van der Waals surface area contributed by atoms with Gasteiger partial charge in [0.25, 0.3) is 0 Å². The van der Waals surface area contributed by atoms with E-state index in [-0.39, 0.29) is 18.9 Å². The third kappa shape index (κ3) is 4.09. The number of hydrogen-bond donors (Lipinski definition) is 1. The van der Waals surface area contributed by atoms with E-state index in [2.05, 4.69) is 5.32 Å². The molecule has 0 aromatic rings. The SMILES string of the molecule is O=C(CC1CCNCC1)N1CCCC(C(F)(F)F)C1. The Morgan fingerprint density at radius 2 is 1.89 bits per heavy atom. The van der Waals surface area contributed by atoms with Gasteiger partial charge >= 0.3 is 6.18 Å². The second kappa shape index (κ2) is 6.11. The average molecular weight is 278 g/mol. The van der Waals surface area contributed by atoms with Crippen molar-refractivity contribution in [3.05, 3.63) is 0 Å². The molecule has 0 aromatic carbocycles. The number of carbonyl (C=O) groups excluding carboxylic acids is 1. The monoisotopic (exact) mass is 278 g/mol. The molecule has 3 nitrogen and oxygen atoms in total. The van der Waals surface area contributed by atoms with Crippen molar-refractivity contribution in [1.29, 1.82) is 0 Å². The summed E-state index contributed by atoms with van der Waals surface area (Å²) in [7, 11) is 0. The van der Waals surface area contributed by atoms with E-state index in [1.807, 2.05) is 0 Å². The van der Waals surface area contributed by atoms with Crippen LogP contribution in [-0.4, -0.2) is 43.2 Å². The predicted octanol–water partition coefficient (Wildman–Crippen LogP) is 2.18. The Kier molecular flexibility index (Phi) is 4.71. The molecule has 1 unspecified atom stereocenters. The molecule has 1 N–H and O–H groups in total. The molecule has 2 heterocycles. The van der Waals surface area contributed by atoms with E-state index in [1.54, 1.807) is 0 Å². The lowest BCUT2D eigenvalue weighted by molar-refractivity contribution is -0.188. The summed E-state index contributed by atoms with van der Waals surface area (Å²) in [6, 6.07) is 0. The van der Waals surface area contributed by atoms with Crippen LogP contribution in [0.2, 0.25) is 0 Å². The van der Waals surface area contributed by atoms with E-state index in [0.717, 1.165) is 25.9 Å². The van der Waals surface area contributed by atoms with Gasteiger partial charge in [-0.25, -0.2) is 0 Å². The molecule has 19 heavy (non-hydrogen) atoms. The van der Waals surface area contributed by atoms with Crippen molar-refractivity contribution >= 4 is 5.91 Å². The van der Waals surface area contributed by atoms with E-state index in [9.17, 15) is 18.0 Å². The number of nitrogens with zero attached hydrogens (tertiary/aromatic N) is 1. The van der Waals surface area contributed by atoms with Crippen molar-refractivity contribution in [3.63, 3.8) is 0 Å². The highest BCUT2D eigenvalue weighted by molar-refractivity contribution is 5.76. The number of carbonyl (C=O) groups is 1. The minimum absolute atomic E-state index is 0.0964. The van der Waals surface area contributed by atoms with Crippen molar-refractivity contribution in [2.24, 2.45) is 11.8 Å². The van der Waals surface area contributed by atoms with Gasteiger partial charge in [0.2, 0.25) is 5.91 Å². The van der Waals surface area contributed by atoms with Crippen LogP contribution in [0.5, 0.6) is 0 Å². The Labute approximate surface area is 111 Å². The molecule has 110 valence electrons. The van der Waals surface area contributed by atoms with Crippen LogP contribution in [0.15, 0.2) is 0 Å².